The molecule has 0 radical (unpaired) electrons. The second kappa shape index (κ2) is 7.78. The standard InChI is InChI=1S/C15H18F3N3O2S/c1-3-4-9-21-13(22)19-20-14(21)24-10(2)11-5-7-12(8-6-11)23-15(16,17)18/h5-8,10H,3-4,9H2,1-2H3,(H,19,22). The van der Waals surface area contributed by atoms with Crippen molar-refractivity contribution in [2.75, 3.05) is 0 Å². The van der Waals surface area contributed by atoms with Crippen LogP contribution >= 0.6 is 11.8 Å². The second-order valence-electron chi connectivity index (χ2n) is 5.19. The third kappa shape index (κ3) is 5.05. The molecule has 2 aromatic rings. The number of nitrogens with zero attached hydrogens (tertiary/aromatic N) is 2. The molecule has 1 N–H and O–H groups in total. The predicted octanol–water partition coefficient (Wildman–Crippen LogP) is 4.12. The zero-order valence-corrected chi connectivity index (χ0v) is 14.1. The van der Waals surface area contributed by atoms with Gasteiger partial charge in [-0.15, -0.1) is 18.3 Å². The molecule has 132 valence electrons. The predicted molar refractivity (Wildman–Crippen MR) is 85.2 cm³/mol. The fourth-order valence-electron chi connectivity index (χ4n) is 2.07. The van der Waals surface area contributed by atoms with Crippen LogP contribution in [0.25, 0.3) is 0 Å². The number of nitrogens with one attached hydrogen (secondary N) is 1. The smallest absolute Gasteiger partial charge is 0.406 e. The highest BCUT2D eigenvalue weighted by molar-refractivity contribution is 7.99. The lowest BCUT2D eigenvalue weighted by molar-refractivity contribution is -0.274. The molecule has 0 aliphatic carbocycles. The summed E-state index contributed by atoms with van der Waals surface area (Å²) < 4.78 is 41.9. The van der Waals surface area contributed by atoms with Gasteiger partial charge in [0.25, 0.3) is 0 Å². The van der Waals surface area contributed by atoms with Gasteiger partial charge in [-0.3, -0.25) is 4.57 Å². The minimum atomic E-state index is -4.70. The van der Waals surface area contributed by atoms with Gasteiger partial charge >= 0.3 is 12.1 Å². The number of unbranched alkanes of at least 4 members (excludes halogenated alkanes) is 1. The summed E-state index contributed by atoms with van der Waals surface area (Å²) >= 11 is 1.37. The highest BCUT2D eigenvalue weighted by Gasteiger charge is 2.31. The number of halogens is 3. The van der Waals surface area contributed by atoms with Gasteiger partial charge in [0.05, 0.1) is 0 Å². The second-order valence-corrected chi connectivity index (χ2v) is 6.50. The van der Waals surface area contributed by atoms with Gasteiger partial charge in [0.15, 0.2) is 5.16 Å². The number of benzene rings is 1. The molecular weight excluding hydrogens is 343 g/mol. The zero-order chi connectivity index (χ0) is 17.7. The molecule has 0 fully saturated rings. The van der Waals surface area contributed by atoms with Crippen molar-refractivity contribution in [3.8, 4) is 5.75 Å². The van der Waals surface area contributed by atoms with Crippen molar-refractivity contribution >= 4 is 11.8 Å². The number of alkyl halides is 3. The van der Waals surface area contributed by atoms with Crippen molar-refractivity contribution in [1.82, 2.24) is 14.8 Å². The van der Waals surface area contributed by atoms with Crippen LogP contribution in [0, 0.1) is 0 Å². The molecule has 2 rings (SSSR count). The van der Waals surface area contributed by atoms with Gasteiger partial charge in [-0.25, -0.2) is 9.89 Å². The van der Waals surface area contributed by atoms with Crippen LogP contribution < -0.4 is 10.4 Å². The number of rotatable bonds is 7. The number of hydrogen-bond donors (Lipinski definition) is 1. The van der Waals surface area contributed by atoms with E-state index >= 15 is 0 Å². The number of aromatic nitrogens is 3. The Morgan fingerprint density at radius 3 is 2.58 bits per heavy atom. The van der Waals surface area contributed by atoms with Gasteiger partial charge in [-0.05, 0) is 31.0 Å². The molecule has 1 atom stereocenters. The Hall–Kier alpha value is -1.90. The van der Waals surface area contributed by atoms with E-state index in [-0.39, 0.29) is 16.7 Å². The third-order valence-corrected chi connectivity index (χ3v) is 4.47. The van der Waals surface area contributed by atoms with Gasteiger partial charge in [-0.2, -0.15) is 0 Å². The average Bonchev–Trinajstić information content (AvgIpc) is 2.84. The van der Waals surface area contributed by atoms with Crippen molar-refractivity contribution in [3.05, 3.63) is 40.3 Å². The van der Waals surface area contributed by atoms with Crippen LogP contribution in [-0.4, -0.2) is 21.1 Å². The Bertz CT molecular complexity index is 710. The van der Waals surface area contributed by atoms with Gasteiger partial charge in [-0.1, -0.05) is 37.2 Å². The molecule has 1 heterocycles. The molecule has 1 aromatic heterocycles. The van der Waals surface area contributed by atoms with E-state index in [1.165, 1.54) is 23.9 Å². The Balaban J connectivity index is 2.07. The minimum Gasteiger partial charge on any atom is -0.406 e. The van der Waals surface area contributed by atoms with Crippen molar-refractivity contribution in [2.24, 2.45) is 0 Å². The van der Waals surface area contributed by atoms with E-state index in [9.17, 15) is 18.0 Å². The summed E-state index contributed by atoms with van der Waals surface area (Å²) in [5.41, 5.74) is 0.555. The van der Waals surface area contributed by atoms with E-state index in [1.54, 1.807) is 16.7 Å². The maximum absolute atomic E-state index is 12.2. The van der Waals surface area contributed by atoms with Gasteiger partial charge in [0, 0.05) is 11.8 Å². The van der Waals surface area contributed by atoms with Crippen molar-refractivity contribution in [3.63, 3.8) is 0 Å². The number of hydrogen-bond acceptors (Lipinski definition) is 4. The van der Waals surface area contributed by atoms with Gasteiger partial charge < -0.3 is 4.74 Å². The quantitative estimate of drug-likeness (QED) is 0.754. The fraction of sp³-hybridized carbons (Fsp3) is 0.467. The lowest BCUT2D eigenvalue weighted by Crippen LogP contribution is -2.17. The van der Waals surface area contributed by atoms with E-state index in [2.05, 4.69) is 14.9 Å². The summed E-state index contributed by atoms with van der Waals surface area (Å²) in [7, 11) is 0. The largest absolute Gasteiger partial charge is 0.573 e. The van der Waals surface area contributed by atoms with Crippen LogP contribution in [0.3, 0.4) is 0 Å². The van der Waals surface area contributed by atoms with Crippen molar-refractivity contribution in [1.29, 1.82) is 0 Å². The van der Waals surface area contributed by atoms with Gasteiger partial charge in [0.2, 0.25) is 0 Å². The molecule has 9 heteroatoms. The molecule has 0 bridgehead atoms. The van der Waals surface area contributed by atoms with Crippen LogP contribution in [0.2, 0.25) is 0 Å². The Kier molecular flexibility index (Phi) is 5.98. The topological polar surface area (TPSA) is 59.9 Å². The highest BCUT2D eigenvalue weighted by Crippen LogP contribution is 2.34. The summed E-state index contributed by atoms with van der Waals surface area (Å²) in [5.74, 6) is -0.261. The number of aromatic amines is 1. The van der Waals surface area contributed by atoms with E-state index in [1.807, 2.05) is 13.8 Å². The Labute approximate surface area is 141 Å². The van der Waals surface area contributed by atoms with Crippen LogP contribution in [0.1, 0.15) is 37.5 Å². The SMILES string of the molecule is CCCCn1c(SC(C)c2ccc(OC(F)(F)F)cc2)n[nH]c1=O. The van der Waals surface area contributed by atoms with Crippen LogP contribution in [0.15, 0.2) is 34.2 Å². The van der Waals surface area contributed by atoms with Crippen LogP contribution in [0.5, 0.6) is 5.75 Å². The Morgan fingerprint density at radius 1 is 1.33 bits per heavy atom. The van der Waals surface area contributed by atoms with Crippen molar-refractivity contribution in [2.45, 2.75) is 50.0 Å². The average molecular weight is 361 g/mol. The van der Waals surface area contributed by atoms with E-state index in [4.69, 9.17) is 0 Å². The molecule has 5 nitrogen and oxygen atoms in total. The summed E-state index contributed by atoms with van der Waals surface area (Å²) in [5, 5.41) is 6.93. The van der Waals surface area contributed by atoms with E-state index < -0.39 is 6.36 Å². The fourth-order valence-corrected chi connectivity index (χ4v) is 3.08. The lowest BCUT2D eigenvalue weighted by Gasteiger charge is -2.13. The first-order chi connectivity index (χ1) is 11.3. The van der Waals surface area contributed by atoms with Crippen LogP contribution in [0.4, 0.5) is 13.2 Å². The monoisotopic (exact) mass is 361 g/mol. The molecule has 0 saturated heterocycles. The summed E-state index contributed by atoms with van der Waals surface area (Å²) in [4.78, 5) is 11.7. The van der Waals surface area contributed by atoms with Crippen LogP contribution in [-0.2, 0) is 6.54 Å². The summed E-state index contributed by atoms with van der Waals surface area (Å²) in [6, 6.07) is 5.68. The summed E-state index contributed by atoms with van der Waals surface area (Å²) in [6.07, 6.45) is -2.88. The normalized spacial score (nSPS) is 13.0. The first-order valence-electron chi connectivity index (χ1n) is 7.47. The van der Waals surface area contributed by atoms with Crippen molar-refractivity contribution < 1.29 is 17.9 Å². The molecular formula is C15H18F3N3O2S. The third-order valence-electron chi connectivity index (χ3n) is 3.32. The summed E-state index contributed by atoms with van der Waals surface area (Å²) in [6.45, 7) is 4.51. The molecule has 0 amide bonds. The maximum Gasteiger partial charge on any atom is 0.573 e. The zero-order valence-electron chi connectivity index (χ0n) is 13.3. The number of H-pyrrole nitrogens is 1. The molecule has 0 aliphatic rings. The first-order valence-corrected chi connectivity index (χ1v) is 8.35. The maximum atomic E-state index is 12.2. The lowest BCUT2D eigenvalue weighted by atomic mass is 10.2. The first kappa shape index (κ1) is 18.4. The molecule has 0 saturated carbocycles. The van der Waals surface area contributed by atoms with E-state index in [0.717, 1.165) is 18.4 Å². The number of thioether (sulfide) groups is 1. The Morgan fingerprint density at radius 2 is 2.00 bits per heavy atom. The number of ether oxygens (including phenoxy) is 1. The molecule has 1 aromatic carbocycles. The molecule has 0 spiro atoms. The van der Waals surface area contributed by atoms with Gasteiger partial charge in [0.1, 0.15) is 5.75 Å². The molecule has 24 heavy (non-hydrogen) atoms. The molecule has 0 aliphatic heterocycles. The highest BCUT2D eigenvalue weighted by atomic mass is 32.2. The minimum absolute atomic E-state index is 0.0829. The van der Waals surface area contributed by atoms with E-state index in [0.29, 0.717) is 11.7 Å². The molecule has 1 unspecified atom stereocenters.